The first-order chi connectivity index (χ1) is 8.65. The number of rotatable bonds is 6. The van der Waals surface area contributed by atoms with Crippen molar-refractivity contribution in [2.45, 2.75) is 0 Å². The Morgan fingerprint density at radius 2 is 2.28 bits per heavy atom. The summed E-state index contributed by atoms with van der Waals surface area (Å²) in [4.78, 5) is 16.1. The summed E-state index contributed by atoms with van der Waals surface area (Å²) < 4.78 is 18.1. The molecule has 0 heterocycles. The van der Waals surface area contributed by atoms with Crippen LogP contribution in [-0.2, 0) is 14.4 Å². The summed E-state index contributed by atoms with van der Waals surface area (Å²) in [6.07, 6.45) is 2.42. The molecule has 4 nitrogen and oxygen atoms in total. The second kappa shape index (κ2) is 7.81. The summed E-state index contributed by atoms with van der Waals surface area (Å²) >= 11 is 5.79. The molecule has 1 N–H and O–H groups in total. The normalized spacial score (nSPS) is 10.8. The molecule has 0 bridgehead atoms. The highest BCUT2D eigenvalue weighted by Gasteiger charge is 2.03. The topological polar surface area (TPSA) is 47.6 Å². The molecule has 1 aromatic carbocycles. The van der Waals surface area contributed by atoms with Gasteiger partial charge in [0.05, 0.1) is 18.2 Å². The number of hydroxylamine groups is 1. The second-order valence-corrected chi connectivity index (χ2v) is 3.68. The molecule has 0 aliphatic rings. The van der Waals surface area contributed by atoms with Crippen LogP contribution in [0.15, 0.2) is 24.3 Å². The number of ether oxygens (including phenoxy) is 1. The van der Waals surface area contributed by atoms with E-state index in [9.17, 15) is 9.18 Å². The van der Waals surface area contributed by atoms with Crippen molar-refractivity contribution in [3.63, 3.8) is 0 Å². The van der Waals surface area contributed by atoms with Gasteiger partial charge in [0, 0.05) is 18.7 Å². The number of methoxy groups -OCH3 is 1. The van der Waals surface area contributed by atoms with Gasteiger partial charge in [-0.15, -0.1) is 0 Å². The van der Waals surface area contributed by atoms with Crippen LogP contribution in [0.25, 0.3) is 6.08 Å². The molecule has 0 aliphatic heterocycles. The van der Waals surface area contributed by atoms with E-state index in [4.69, 9.17) is 21.2 Å². The monoisotopic (exact) mass is 273 g/mol. The van der Waals surface area contributed by atoms with Crippen molar-refractivity contribution >= 4 is 23.6 Å². The molecule has 0 atom stereocenters. The molecule has 0 aliphatic carbocycles. The molecule has 98 valence electrons. The number of hydrogen-bond donors (Lipinski definition) is 1. The second-order valence-electron chi connectivity index (χ2n) is 3.28. The molecule has 1 rings (SSSR count). The van der Waals surface area contributed by atoms with Gasteiger partial charge < -0.3 is 4.74 Å². The van der Waals surface area contributed by atoms with E-state index in [1.807, 2.05) is 0 Å². The summed E-state index contributed by atoms with van der Waals surface area (Å²) in [6, 6.07) is 4.29. The van der Waals surface area contributed by atoms with Crippen LogP contribution in [0.4, 0.5) is 4.39 Å². The molecule has 6 heteroatoms. The number of carbonyl (C=O) groups is 1. The third-order valence-electron chi connectivity index (χ3n) is 1.96. The zero-order valence-corrected chi connectivity index (χ0v) is 10.5. The molecule has 1 amide bonds. The van der Waals surface area contributed by atoms with E-state index < -0.39 is 11.7 Å². The summed E-state index contributed by atoms with van der Waals surface area (Å²) in [6.45, 7) is 0.597. The highest BCUT2D eigenvalue weighted by Crippen LogP contribution is 2.20. The Bertz CT molecular complexity index is 417. The fourth-order valence-corrected chi connectivity index (χ4v) is 1.34. The zero-order valence-electron chi connectivity index (χ0n) is 9.78. The minimum atomic E-state index is -0.509. The number of amides is 1. The van der Waals surface area contributed by atoms with Crippen molar-refractivity contribution in [3.8, 4) is 0 Å². The number of halogens is 2. The Labute approximate surface area is 109 Å². The molecule has 0 spiro atoms. The van der Waals surface area contributed by atoms with E-state index in [1.165, 1.54) is 31.4 Å². The van der Waals surface area contributed by atoms with E-state index in [0.717, 1.165) is 6.08 Å². The van der Waals surface area contributed by atoms with Gasteiger partial charge in [0.1, 0.15) is 5.82 Å². The van der Waals surface area contributed by atoms with Crippen molar-refractivity contribution < 1.29 is 18.8 Å². The smallest absolute Gasteiger partial charge is 0.267 e. The number of carbonyl (C=O) groups excluding carboxylic acids is 1. The molecule has 0 saturated carbocycles. The van der Waals surface area contributed by atoms with Gasteiger partial charge in [0.25, 0.3) is 5.91 Å². The van der Waals surface area contributed by atoms with E-state index in [1.54, 1.807) is 0 Å². The Balaban J connectivity index is 2.51. The average Bonchev–Trinajstić information content (AvgIpc) is 2.34. The number of nitrogens with one attached hydrogen (secondary N) is 1. The lowest BCUT2D eigenvalue weighted by Gasteiger charge is -2.02. The van der Waals surface area contributed by atoms with Crippen molar-refractivity contribution in [3.05, 3.63) is 40.7 Å². The minimum absolute atomic E-state index is 0.159. The van der Waals surface area contributed by atoms with Crippen LogP contribution >= 0.6 is 11.6 Å². The summed E-state index contributed by atoms with van der Waals surface area (Å²) in [5.41, 5.74) is 2.31. The lowest BCUT2D eigenvalue weighted by atomic mass is 10.2. The molecule has 18 heavy (non-hydrogen) atoms. The van der Waals surface area contributed by atoms with Gasteiger partial charge in [0.2, 0.25) is 0 Å². The van der Waals surface area contributed by atoms with Crippen molar-refractivity contribution in [2.75, 3.05) is 20.3 Å². The fourth-order valence-electron chi connectivity index (χ4n) is 1.11. The SMILES string of the molecule is COCCONC(=O)/C=C/c1c(F)cccc1Cl. The van der Waals surface area contributed by atoms with Gasteiger partial charge in [-0.05, 0) is 18.2 Å². The molecule has 0 saturated heterocycles. The van der Waals surface area contributed by atoms with Crippen LogP contribution < -0.4 is 5.48 Å². The number of hydrogen-bond acceptors (Lipinski definition) is 3. The first kappa shape index (κ1) is 14.6. The third kappa shape index (κ3) is 4.83. The molecule has 0 aromatic heterocycles. The van der Waals surface area contributed by atoms with Crippen LogP contribution in [-0.4, -0.2) is 26.2 Å². The fraction of sp³-hybridized carbons (Fsp3) is 0.250. The van der Waals surface area contributed by atoms with Crippen LogP contribution in [0.3, 0.4) is 0 Å². The molecule has 0 unspecified atom stereocenters. The van der Waals surface area contributed by atoms with Crippen LogP contribution in [0.2, 0.25) is 5.02 Å². The maximum atomic E-state index is 13.3. The highest BCUT2D eigenvalue weighted by atomic mass is 35.5. The van der Waals surface area contributed by atoms with Crippen molar-refractivity contribution in [2.24, 2.45) is 0 Å². The van der Waals surface area contributed by atoms with Gasteiger partial charge in [-0.1, -0.05) is 17.7 Å². The maximum absolute atomic E-state index is 13.3. The zero-order chi connectivity index (χ0) is 13.4. The molecular weight excluding hydrogens is 261 g/mol. The Morgan fingerprint density at radius 3 is 2.94 bits per heavy atom. The van der Waals surface area contributed by atoms with Crippen LogP contribution in [0.5, 0.6) is 0 Å². The largest absolute Gasteiger partial charge is 0.382 e. The van der Waals surface area contributed by atoms with Gasteiger partial charge in [0.15, 0.2) is 0 Å². The van der Waals surface area contributed by atoms with Crippen molar-refractivity contribution in [1.29, 1.82) is 0 Å². The van der Waals surface area contributed by atoms with Crippen molar-refractivity contribution in [1.82, 2.24) is 5.48 Å². The third-order valence-corrected chi connectivity index (χ3v) is 2.29. The molecule has 0 fully saturated rings. The quantitative estimate of drug-likeness (QED) is 0.491. The summed E-state index contributed by atoms with van der Waals surface area (Å²) in [5, 5.41) is 0.236. The van der Waals surface area contributed by atoms with E-state index >= 15 is 0 Å². The van der Waals surface area contributed by atoms with E-state index in [2.05, 4.69) is 5.48 Å². The number of benzene rings is 1. The highest BCUT2D eigenvalue weighted by molar-refractivity contribution is 6.32. The predicted molar refractivity (Wildman–Crippen MR) is 66.4 cm³/mol. The Morgan fingerprint density at radius 1 is 1.50 bits per heavy atom. The minimum Gasteiger partial charge on any atom is -0.382 e. The van der Waals surface area contributed by atoms with Gasteiger partial charge in [-0.25, -0.2) is 9.87 Å². The van der Waals surface area contributed by atoms with Gasteiger partial charge in [-0.2, -0.15) is 0 Å². The predicted octanol–water partition coefficient (Wildman–Crippen LogP) is 2.19. The molecule has 1 aromatic rings. The van der Waals surface area contributed by atoms with E-state index in [-0.39, 0.29) is 17.2 Å². The molecular formula is C12H13ClFNO3. The lowest BCUT2D eigenvalue weighted by Crippen LogP contribution is -2.23. The van der Waals surface area contributed by atoms with Crippen LogP contribution in [0, 0.1) is 5.82 Å². The summed E-state index contributed by atoms with van der Waals surface area (Å²) in [7, 11) is 1.52. The van der Waals surface area contributed by atoms with Gasteiger partial charge in [-0.3, -0.25) is 9.63 Å². The lowest BCUT2D eigenvalue weighted by molar-refractivity contribution is -0.129. The first-order valence-electron chi connectivity index (χ1n) is 5.18. The summed E-state index contributed by atoms with van der Waals surface area (Å²) in [5.74, 6) is -1.00. The Hall–Kier alpha value is -1.43. The van der Waals surface area contributed by atoms with E-state index in [0.29, 0.717) is 6.61 Å². The standard InChI is InChI=1S/C12H13ClFNO3/c1-17-7-8-18-15-12(16)6-5-9-10(13)3-2-4-11(9)14/h2-6H,7-8H2,1H3,(H,15,16)/b6-5+. The Kier molecular flexibility index (Phi) is 6.35. The average molecular weight is 274 g/mol. The first-order valence-corrected chi connectivity index (χ1v) is 5.55. The van der Waals surface area contributed by atoms with Gasteiger partial charge >= 0.3 is 0 Å². The van der Waals surface area contributed by atoms with Crippen LogP contribution in [0.1, 0.15) is 5.56 Å². The molecule has 0 radical (unpaired) electrons. The maximum Gasteiger partial charge on any atom is 0.267 e.